The number of benzene rings is 2. The maximum atomic E-state index is 13.7. The second kappa shape index (κ2) is 4.82. The van der Waals surface area contributed by atoms with Crippen molar-refractivity contribution in [2.45, 2.75) is 0 Å². The molecule has 22 heavy (non-hydrogen) atoms. The molecule has 0 fully saturated rings. The van der Waals surface area contributed by atoms with E-state index in [4.69, 9.17) is 4.98 Å². The van der Waals surface area contributed by atoms with Crippen molar-refractivity contribution < 1.29 is 23.3 Å². The van der Waals surface area contributed by atoms with Gasteiger partial charge in [-0.05, 0) is 22.9 Å². The van der Waals surface area contributed by atoms with E-state index >= 15 is 0 Å². The Hall–Kier alpha value is -1.86. The van der Waals surface area contributed by atoms with Crippen molar-refractivity contribution in [1.82, 2.24) is 9.38 Å². The van der Waals surface area contributed by atoms with Crippen LogP contribution in [0, 0.1) is 11.9 Å². The fourth-order valence-corrected chi connectivity index (χ4v) is 3.81. The Morgan fingerprint density at radius 1 is 1.14 bits per heavy atom. The molecule has 0 radical (unpaired) electrons. The Labute approximate surface area is 141 Å². The number of aromatic nitrogens is 2. The molecule has 5 heteroatoms. The van der Waals surface area contributed by atoms with Crippen molar-refractivity contribution in [2.24, 2.45) is 0 Å². The Bertz CT molecular complexity index is 1140. The number of halogens is 1. The zero-order valence-corrected chi connectivity index (χ0v) is 12.6. The molecule has 2 nitrogen and oxygen atoms in total. The van der Waals surface area contributed by atoms with E-state index < -0.39 is 0 Å². The number of rotatable bonds is 0. The van der Waals surface area contributed by atoms with Gasteiger partial charge in [-0.15, -0.1) is 29.5 Å². The van der Waals surface area contributed by atoms with Gasteiger partial charge < -0.3 is 4.40 Å². The summed E-state index contributed by atoms with van der Waals surface area (Å²) in [4.78, 5) is 5.81. The van der Waals surface area contributed by atoms with E-state index in [1.165, 1.54) is 6.07 Å². The molecule has 2 aromatic carbocycles. The first-order valence-corrected chi connectivity index (χ1v) is 7.48. The quantitative estimate of drug-likeness (QED) is 0.242. The van der Waals surface area contributed by atoms with E-state index in [9.17, 15) is 4.39 Å². The summed E-state index contributed by atoms with van der Waals surface area (Å²) in [7, 11) is 0. The fraction of sp³-hybridized carbons (Fsp3) is 0. The zero-order valence-electron chi connectivity index (χ0n) is 11.8. The number of nitrogens with zero attached hydrogens (tertiary/aromatic N) is 2. The van der Waals surface area contributed by atoms with Gasteiger partial charge in [0.25, 0.3) is 0 Å². The van der Waals surface area contributed by atoms with Crippen molar-refractivity contribution in [1.29, 1.82) is 0 Å². The average Bonchev–Trinajstić information content (AvgIpc) is 3.08. The van der Waals surface area contributed by atoms with Crippen LogP contribution in [0.1, 0.15) is 0 Å². The molecular formula is C17H8FLiN2S. The van der Waals surface area contributed by atoms with Gasteiger partial charge in [0, 0.05) is 11.3 Å². The summed E-state index contributed by atoms with van der Waals surface area (Å²) in [5.41, 5.74) is 2.85. The Kier molecular flexibility index (Phi) is 3.02. The van der Waals surface area contributed by atoms with Crippen LogP contribution in [0.5, 0.6) is 0 Å². The molecule has 0 aliphatic carbocycles. The van der Waals surface area contributed by atoms with Crippen LogP contribution in [0.25, 0.3) is 37.7 Å². The van der Waals surface area contributed by atoms with Crippen LogP contribution < -0.4 is 18.9 Å². The molecule has 0 aliphatic rings. The van der Waals surface area contributed by atoms with Crippen LogP contribution in [-0.4, -0.2) is 9.38 Å². The van der Waals surface area contributed by atoms with Crippen LogP contribution in [0.2, 0.25) is 0 Å². The second-order valence-corrected chi connectivity index (χ2v) is 5.90. The predicted octanol–water partition coefficient (Wildman–Crippen LogP) is 1.80. The molecule has 0 atom stereocenters. The standard InChI is InChI=1S/C17H8FN2S.Li/c18-10-5-6-12-13(9-10)11-3-1-2-4-15(11)20-16(12)19-14-7-8-21-17(14)20;/h1-5,7-9H;/q-1;+1. The van der Waals surface area contributed by atoms with Crippen LogP contribution in [0.4, 0.5) is 4.39 Å². The molecule has 3 heterocycles. The molecule has 5 aromatic rings. The number of imidazole rings is 1. The van der Waals surface area contributed by atoms with Gasteiger partial charge >= 0.3 is 18.9 Å². The van der Waals surface area contributed by atoms with Crippen LogP contribution >= 0.6 is 11.3 Å². The first-order chi connectivity index (χ1) is 10.3. The van der Waals surface area contributed by atoms with E-state index in [2.05, 4.69) is 10.5 Å². The van der Waals surface area contributed by atoms with E-state index in [0.717, 1.165) is 37.7 Å². The maximum absolute atomic E-state index is 13.7. The van der Waals surface area contributed by atoms with Crippen molar-refractivity contribution in [2.75, 3.05) is 0 Å². The van der Waals surface area contributed by atoms with E-state index in [1.807, 2.05) is 35.7 Å². The van der Waals surface area contributed by atoms with Gasteiger partial charge in [-0.3, -0.25) is 9.37 Å². The molecule has 0 saturated carbocycles. The first-order valence-electron chi connectivity index (χ1n) is 6.60. The van der Waals surface area contributed by atoms with Gasteiger partial charge in [-0.2, -0.15) is 0 Å². The molecule has 0 saturated heterocycles. The minimum absolute atomic E-state index is 0. The topological polar surface area (TPSA) is 17.3 Å². The summed E-state index contributed by atoms with van der Waals surface area (Å²) in [5.74, 6) is -0.273. The van der Waals surface area contributed by atoms with Crippen LogP contribution in [0.15, 0.2) is 47.8 Å². The van der Waals surface area contributed by atoms with Gasteiger partial charge in [0.15, 0.2) is 0 Å². The van der Waals surface area contributed by atoms with Crippen molar-refractivity contribution in [3.05, 3.63) is 59.7 Å². The van der Waals surface area contributed by atoms with Crippen molar-refractivity contribution in [3.8, 4) is 0 Å². The summed E-state index contributed by atoms with van der Waals surface area (Å²) < 4.78 is 15.8. The Morgan fingerprint density at radius 3 is 2.91 bits per heavy atom. The third kappa shape index (κ3) is 1.69. The molecule has 0 bridgehead atoms. The number of thiophene rings is 1. The molecular weight excluding hydrogens is 290 g/mol. The van der Waals surface area contributed by atoms with E-state index in [0.29, 0.717) is 0 Å². The monoisotopic (exact) mass is 298 g/mol. The molecule has 0 spiro atoms. The minimum atomic E-state index is -0.273. The number of hydrogen-bond acceptors (Lipinski definition) is 2. The summed E-state index contributed by atoms with van der Waals surface area (Å²) in [6.07, 6.45) is 0. The van der Waals surface area contributed by atoms with Gasteiger partial charge in [-0.25, -0.2) is 0 Å². The first kappa shape index (κ1) is 13.8. The summed E-state index contributed by atoms with van der Waals surface area (Å²) in [5, 5.41) is 4.77. The molecule has 0 N–H and O–H groups in total. The third-order valence-electron chi connectivity index (χ3n) is 3.83. The Morgan fingerprint density at radius 2 is 2.00 bits per heavy atom. The average molecular weight is 298 g/mol. The molecule has 0 amide bonds. The minimum Gasteiger partial charge on any atom is -0.325 e. The van der Waals surface area contributed by atoms with Gasteiger partial charge in [0.1, 0.15) is 4.83 Å². The normalized spacial score (nSPS) is 11.5. The number of pyridine rings is 1. The molecule has 0 unspecified atom stereocenters. The van der Waals surface area contributed by atoms with E-state index in [-0.39, 0.29) is 24.7 Å². The SMILES string of the molecule is Fc1c[c-]c2c(c1)c1ccccc1n1c2nc2ccsc21.[Li+]. The predicted molar refractivity (Wildman–Crippen MR) is 84.4 cm³/mol. The smallest absolute Gasteiger partial charge is 0.325 e. The zero-order chi connectivity index (χ0) is 14.0. The Balaban J connectivity index is 0.00000125. The number of fused-ring (bicyclic) bond motifs is 8. The second-order valence-electron chi connectivity index (χ2n) is 5.01. The summed E-state index contributed by atoms with van der Waals surface area (Å²) >= 11 is 1.66. The largest absolute Gasteiger partial charge is 1.00 e. The van der Waals surface area contributed by atoms with Crippen LogP contribution in [0.3, 0.4) is 0 Å². The van der Waals surface area contributed by atoms with Gasteiger partial charge in [0.2, 0.25) is 0 Å². The summed E-state index contributed by atoms with van der Waals surface area (Å²) in [6, 6.07) is 16.0. The third-order valence-corrected chi connectivity index (χ3v) is 4.72. The summed E-state index contributed by atoms with van der Waals surface area (Å²) in [6.45, 7) is 0. The number of hydrogen-bond donors (Lipinski definition) is 0. The van der Waals surface area contributed by atoms with Gasteiger partial charge in [-0.1, -0.05) is 29.0 Å². The van der Waals surface area contributed by atoms with Crippen molar-refractivity contribution in [3.63, 3.8) is 0 Å². The number of para-hydroxylation sites is 1. The molecule has 0 aliphatic heterocycles. The van der Waals surface area contributed by atoms with Crippen LogP contribution in [-0.2, 0) is 0 Å². The molecule has 3 aromatic heterocycles. The van der Waals surface area contributed by atoms with Gasteiger partial charge in [0.05, 0.1) is 11.2 Å². The molecule has 5 rings (SSSR count). The maximum Gasteiger partial charge on any atom is 1.00 e. The van der Waals surface area contributed by atoms with E-state index in [1.54, 1.807) is 17.4 Å². The fourth-order valence-electron chi connectivity index (χ4n) is 2.96. The molecule has 100 valence electrons. The van der Waals surface area contributed by atoms with Crippen molar-refractivity contribution >= 4 is 49.0 Å².